The van der Waals surface area contributed by atoms with Crippen LogP contribution in [-0.4, -0.2) is 25.2 Å². The molecule has 0 radical (unpaired) electrons. The maximum atomic E-state index is 12.6. The zero-order valence-corrected chi connectivity index (χ0v) is 12.7. The van der Waals surface area contributed by atoms with Crippen LogP contribution in [-0.2, 0) is 25.2 Å². The van der Waals surface area contributed by atoms with Gasteiger partial charge in [-0.05, 0) is 32.0 Å². The van der Waals surface area contributed by atoms with E-state index in [9.17, 15) is 22.8 Å². The van der Waals surface area contributed by atoms with Crippen LogP contribution in [0.15, 0.2) is 36.0 Å². The lowest BCUT2D eigenvalue weighted by Crippen LogP contribution is -2.24. The molecule has 0 saturated carbocycles. The van der Waals surface area contributed by atoms with Crippen molar-refractivity contribution in [2.24, 2.45) is 0 Å². The minimum Gasteiger partial charge on any atom is -0.466 e. The fourth-order valence-electron chi connectivity index (χ4n) is 1.64. The van der Waals surface area contributed by atoms with Gasteiger partial charge in [0.25, 0.3) is 0 Å². The molecule has 8 heteroatoms. The molecule has 0 unspecified atom stereocenters. The summed E-state index contributed by atoms with van der Waals surface area (Å²) in [6, 6.07) is 4.53. The van der Waals surface area contributed by atoms with E-state index in [0.717, 1.165) is 25.3 Å². The molecule has 0 aromatic heterocycles. The van der Waals surface area contributed by atoms with E-state index in [-0.39, 0.29) is 11.4 Å². The van der Waals surface area contributed by atoms with Crippen LogP contribution in [0.1, 0.15) is 19.4 Å². The van der Waals surface area contributed by atoms with Crippen LogP contribution >= 0.6 is 0 Å². The highest BCUT2D eigenvalue weighted by atomic mass is 19.4. The number of ether oxygens (including phenoxy) is 2. The van der Waals surface area contributed by atoms with Crippen LogP contribution in [0.4, 0.5) is 18.9 Å². The van der Waals surface area contributed by atoms with E-state index in [1.54, 1.807) is 0 Å². The van der Waals surface area contributed by atoms with Gasteiger partial charge in [0, 0.05) is 17.5 Å². The number of allylic oxidation sites excluding steroid dienone is 1. The Morgan fingerprint density at radius 1 is 1.30 bits per heavy atom. The number of alkyl halides is 3. The van der Waals surface area contributed by atoms with Crippen molar-refractivity contribution in [2.75, 3.05) is 12.4 Å². The molecule has 1 N–H and O–H groups in total. The maximum Gasteiger partial charge on any atom is 0.416 e. The minimum absolute atomic E-state index is 0.169. The number of rotatable bonds is 5. The molecule has 23 heavy (non-hydrogen) atoms. The lowest BCUT2D eigenvalue weighted by molar-refractivity contribution is -0.161. The molecule has 0 aliphatic rings. The number of methoxy groups -OCH3 is 1. The summed E-state index contributed by atoms with van der Waals surface area (Å²) in [4.78, 5) is 22.7. The fraction of sp³-hybridized carbons (Fsp3) is 0.333. The Kier molecular flexibility index (Phi) is 6.18. The first-order chi connectivity index (χ1) is 10.6. The summed E-state index contributed by atoms with van der Waals surface area (Å²) in [6.07, 6.45) is -4.51. The average molecular weight is 331 g/mol. The Morgan fingerprint density at radius 3 is 2.52 bits per heavy atom. The topological polar surface area (TPSA) is 64.6 Å². The molecule has 1 atom stereocenters. The molecule has 0 aliphatic carbocycles. The van der Waals surface area contributed by atoms with Gasteiger partial charge in [0.2, 0.25) is 0 Å². The molecule has 0 heterocycles. The van der Waals surface area contributed by atoms with Crippen molar-refractivity contribution in [1.29, 1.82) is 0 Å². The van der Waals surface area contributed by atoms with Crippen molar-refractivity contribution in [1.82, 2.24) is 0 Å². The van der Waals surface area contributed by atoms with E-state index < -0.39 is 29.8 Å². The highest BCUT2D eigenvalue weighted by Gasteiger charge is 2.30. The Labute approximate surface area is 131 Å². The molecule has 0 spiro atoms. The molecule has 0 amide bonds. The van der Waals surface area contributed by atoms with Gasteiger partial charge in [-0.15, -0.1) is 0 Å². The van der Waals surface area contributed by atoms with E-state index in [0.29, 0.717) is 0 Å². The van der Waals surface area contributed by atoms with Crippen LogP contribution in [0.3, 0.4) is 0 Å². The van der Waals surface area contributed by atoms with E-state index >= 15 is 0 Å². The molecule has 126 valence electrons. The summed E-state index contributed by atoms with van der Waals surface area (Å²) >= 11 is 0. The summed E-state index contributed by atoms with van der Waals surface area (Å²) in [5.41, 5.74) is -0.383. The SMILES string of the molecule is COC(=O)[C@H](C)OC(=O)/C=C(\C)Nc1cccc(C(F)(F)F)c1. The van der Waals surface area contributed by atoms with Crippen molar-refractivity contribution in [3.05, 3.63) is 41.6 Å². The van der Waals surface area contributed by atoms with Crippen LogP contribution in [0.2, 0.25) is 0 Å². The number of halogens is 3. The second-order valence-corrected chi connectivity index (χ2v) is 4.63. The van der Waals surface area contributed by atoms with Gasteiger partial charge in [0.05, 0.1) is 12.7 Å². The lowest BCUT2D eigenvalue weighted by Gasteiger charge is -2.12. The van der Waals surface area contributed by atoms with Gasteiger partial charge < -0.3 is 14.8 Å². The summed E-state index contributed by atoms with van der Waals surface area (Å²) in [5.74, 6) is -1.53. The van der Waals surface area contributed by atoms with Gasteiger partial charge in [-0.3, -0.25) is 0 Å². The van der Waals surface area contributed by atoms with E-state index in [4.69, 9.17) is 4.74 Å². The van der Waals surface area contributed by atoms with Gasteiger partial charge in [0.15, 0.2) is 6.10 Å². The Morgan fingerprint density at radius 2 is 1.96 bits per heavy atom. The van der Waals surface area contributed by atoms with Gasteiger partial charge in [-0.1, -0.05) is 6.07 Å². The second kappa shape index (κ2) is 7.66. The van der Waals surface area contributed by atoms with Gasteiger partial charge in [-0.2, -0.15) is 13.2 Å². The molecule has 5 nitrogen and oxygen atoms in total. The number of benzene rings is 1. The Bertz CT molecular complexity index is 611. The first-order valence-corrected chi connectivity index (χ1v) is 6.54. The molecule has 1 aromatic carbocycles. The standard InChI is InChI=1S/C15H16F3NO4/c1-9(7-13(20)23-10(2)14(21)22-3)19-12-6-4-5-11(8-12)15(16,17)18/h4-8,10,19H,1-3H3/b9-7+/t10-/m0/s1. The number of anilines is 1. The highest BCUT2D eigenvalue weighted by molar-refractivity contribution is 5.86. The van der Waals surface area contributed by atoms with Crippen molar-refractivity contribution < 1.29 is 32.2 Å². The molecule has 0 bridgehead atoms. The molecule has 0 fully saturated rings. The molecule has 1 rings (SSSR count). The third-order valence-corrected chi connectivity index (χ3v) is 2.69. The summed E-state index contributed by atoms with van der Waals surface area (Å²) in [6.45, 7) is 2.82. The number of carbonyl (C=O) groups is 2. The Hall–Kier alpha value is -2.51. The van der Waals surface area contributed by atoms with Crippen LogP contribution < -0.4 is 5.32 Å². The summed E-state index contributed by atoms with van der Waals surface area (Å²) in [5, 5.41) is 2.65. The normalized spacial score (nSPS) is 13.2. The summed E-state index contributed by atoms with van der Waals surface area (Å²) in [7, 11) is 1.16. The van der Waals surface area contributed by atoms with Crippen LogP contribution in [0.25, 0.3) is 0 Å². The fourth-order valence-corrected chi connectivity index (χ4v) is 1.64. The van der Waals surface area contributed by atoms with Crippen molar-refractivity contribution in [3.8, 4) is 0 Å². The zero-order chi connectivity index (χ0) is 17.6. The van der Waals surface area contributed by atoms with Gasteiger partial charge in [0.1, 0.15) is 0 Å². The average Bonchev–Trinajstić information content (AvgIpc) is 2.45. The van der Waals surface area contributed by atoms with Crippen molar-refractivity contribution >= 4 is 17.6 Å². The van der Waals surface area contributed by atoms with E-state index in [1.807, 2.05) is 0 Å². The monoisotopic (exact) mass is 331 g/mol. The van der Waals surface area contributed by atoms with Crippen LogP contribution in [0, 0.1) is 0 Å². The molecular weight excluding hydrogens is 315 g/mol. The van der Waals surface area contributed by atoms with E-state index in [1.165, 1.54) is 26.0 Å². The van der Waals surface area contributed by atoms with E-state index in [2.05, 4.69) is 10.1 Å². The molecule has 1 aromatic rings. The Balaban J connectivity index is 2.73. The highest BCUT2D eigenvalue weighted by Crippen LogP contribution is 2.30. The number of esters is 2. The molecule has 0 saturated heterocycles. The van der Waals surface area contributed by atoms with Crippen molar-refractivity contribution in [2.45, 2.75) is 26.1 Å². The number of hydrogen-bond acceptors (Lipinski definition) is 5. The smallest absolute Gasteiger partial charge is 0.416 e. The first kappa shape index (κ1) is 18.5. The first-order valence-electron chi connectivity index (χ1n) is 6.54. The minimum atomic E-state index is -4.45. The molecular formula is C15H16F3NO4. The number of carbonyl (C=O) groups excluding carboxylic acids is 2. The quantitative estimate of drug-likeness (QED) is 0.663. The maximum absolute atomic E-state index is 12.6. The van der Waals surface area contributed by atoms with Crippen molar-refractivity contribution in [3.63, 3.8) is 0 Å². The predicted octanol–water partition coefficient (Wildman–Crippen LogP) is 3.13. The predicted molar refractivity (Wildman–Crippen MR) is 76.4 cm³/mol. The summed E-state index contributed by atoms with van der Waals surface area (Å²) < 4.78 is 47.0. The molecule has 0 aliphatic heterocycles. The third-order valence-electron chi connectivity index (χ3n) is 2.69. The second-order valence-electron chi connectivity index (χ2n) is 4.63. The largest absolute Gasteiger partial charge is 0.466 e. The zero-order valence-electron chi connectivity index (χ0n) is 12.7. The van der Waals surface area contributed by atoms with Crippen LogP contribution in [0.5, 0.6) is 0 Å². The lowest BCUT2D eigenvalue weighted by atomic mass is 10.2. The number of hydrogen-bond donors (Lipinski definition) is 1. The third kappa shape index (κ3) is 6.01. The van der Waals surface area contributed by atoms with Gasteiger partial charge in [-0.25, -0.2) is 9.59 Å². The number of nitrogens with one attached hydrogen (secondary N) is 1. The van der Waals surface area contributed by atoms with Gasteiger partial charge >= 0.3 is 18.1 Å².